The number of methoxy groups -OCH3 is 1. The lowest BCUT2D eigenvalue weighted by Gasteiger charge is -2.36. The van der Waals surface area contributed by atoms with Crippen LogP contribution in [0.25, 0.3) is 10.8 Å². The van der Waals surface area contributed by atoms with Gasteiger partial charge in [0.05, 0.1) is 12.5 Å². The van der Waals surface area contributed by atoms with E-state index in [-0.39, 0.29) is 5.38 Å². The molecule has 0 aliphatic heterocycles. The van der Waals surface area contributed by atoms with Gasteiger partial charge in [0.25, 0.3) is 0 Å². The van der Waals surface area contributed by atoms with Crippen molar-refractivity contribution < 1.29 is 14.2 Å². The summed E-state index contributed by atoms with van der Waals surface area (Å²) in [6.45, 7) is 6.83. The lowest BCUT2D eigenvalue weighted by atomic mass is 9.98. The van der Waals surface area contributed by atoms with Crippen molar-refractivity contribution in [3.8, 4) is 5.75 Å². The zero-order valence-corrected chi connectivity index (χ0v) is 14.3. The molecule has 4 heteroatoms. The van der Waals surface area contributed by atoms with Gasteiger partial charge in [0.2, 0.25) is 5.79 Å². The average Bonchev–Trinajstić information content (AvgIpc) is 2.53. The van der Waals surface area contributed by atoms with E-state index in [4.69, 9.17) is 25.8 Å². The zero-order valence-electron chi connectivity index (χ0n) is 13.6. The molecule has 0 saturated carbocycles. The van der Waals surface area contributed by atoms with E-state index in [9.17, 15) is 0 Å². The Balaban J connectivity index is 2.53. The Morgan fingerprint density at radius 2 is 1.59 bits per heavy atom. The van der Waals surface area contributed by atoms with Crippen LogP contribution in [0.2, 0.25) is 0 Å². The summed E-state index contributed by atoms with van der Waals surface area (Å²) < 4.78 is 17.1. The maximum atomic E-state index is 6.42. The molecule has 2 aromatic rings. The number of rotatable bonds is 7. The Hall–Kier alpha value is -1.29. The Kier molecular flexibility index (Phi) is 5.68. The molecule has 0 aliphatic rings. The van der Waals surface area contributed by atoms with Crippen LogP contribution in [0.3, 0.4) is 0 Å². The first-order chi connectivity index (χ1) is 10.6. The molecular weight excluding hydrogens is 300 g/mol. The van der Waals surface area contributed by atoms with Crippen molar-refractivity contribution in [1.82, 2.24) is 0 Å². The maximum absolute atomic E-state index is 6.42. The van der Waals surface area contributed by atoms with Gasteiger partial charge >= 0.3 is 0 Å². The van der Waals surface area contributed by atoms with Crippen molar-refractivity contribution in [3.05, 3.63) is 42.0 Å². The number of ether oxygens (including phenoxy) is 3. The fourth-order valence-corrected chi connectivity index (χ4v) is 2.92. The summed E-state index contributed by atoms with van der Waals surface area (Å²) >= 11 is 6.42. The topological polar surface area (TPSA) is 27.7 Å². The van der Waals surface area contributed by atoms with Crippen LogP contribution in [0, 0.1) is 0 Å². The quantitative estimate of drug-likeness (QED) is 0.546. The van der Waals surface area contributed by atoms with E-state index >= 15 is 0 Å². The van der Waals surface area contributed by atoms with Crippen LogP contribution in [0.5, 0.6) is 5.75 Å². The van der Waals surface area contributed by atoms with Gasteiger partial charge in [-0.15, -0.1) is 11.6 Å². The first kappa shape index (κ1) is 17.1. The normalized spacial score (nSPS) is 13.3. The summed E-state index contributed by atoms with van der Waals surface area (Å²) in [7, 11) is 1.67. The fourth-order valence-electron chi connectivity index (χ4n) is 2.66. The molecule has 0 bridgehead atoms. The summed E-state index contributed by atoms with van der Waals surface area (Å²) in [5.41, 5.74) is 0.927. The van der Waals surface area contributed by atoms with Gasteiger partial charge in [0.1, 0.15) is 5.75 Å². The molecule has 0 aliphatic carbocycles. The van der Waals surface area contributed by atoms with Gasteiger partial charge in [-0.25, -0.2) is 0 Å². The maximum Gasteiger partial charge on any atom is 0.211 e. The third kappa shape index (κ3) is 3.22. The van der Waals surface area contributed by atoms with Crippen molar-refractivity contribution in [2.24, 2.45) is 0 Å². The van der Waals surface area contributed by atoms with Crippen molar-refractivity contribution >= 4 is 22.4 Å². The molecule has 0 unspecified atom stereocenters. The summed E-state index contributed by atoms with van der Waals surface area (Å²) in [5, 5.41) is 1.88. The number of alkyl halides is 1. The molecule has 22 heavy (non-hydrogen) atoms. The largest absolute Gasteiger partial charge is 0.497 e. The predicted molar refractivity (Wildman–Crippen MR) is 90.7 cm³/mol. The molecular formula is C18H23ClO3. The van der Waals surface area contributed by atoms with Crippen LogP contribution < -0.4 is 4.74 Å². The minimum atomic E-state index is -0.931. The van der Waals surface area contributed by atoms with E-state index < -0.39 is 5.79 Å². The highest BCUT2D eigenvalue weighted by molar-refractivity contribution is 6.21. The third-order valence-corrected chi connectivity index (χ3v) is 3.98. The molecule has 2 aromatic carbocycles. The lowest BCUT2D eigenvalue weighted by Crippen LogP contribution is -2.40. The van der Waals surface area contributed by atoms with E-state index in [1.807, 2.05) is 51.1 Å². The minimum Gasteiger partial charge on any atom is -0.497 e. The Labute approximate surface area is 137 Å². The Morgan fingerprint density at radius 3 is 2.14 bits per heavy atom. The van der Waals surface area contributed by atoms with Crippen molar-refractivity contribution in [3.63, 3.8) is 0 Å². The van der Waals surface area contributed by atoms with Crippen LogP contribution in [0.1, 0.15) is 26.3 Å². The van der Waals surface area contributed by atoms with Crippen LogP contribution in [-0.2, 0) is 15.3 Å². The fraction of sp³-hybridized carbons (Fsp3) is 0.444. The van der Waals surface area contributed by atoms with E-state index in [0.29, 0.717) is 13.2 Å². The summed E-state index contributed by atoms with van der Waals surface area (Å²) in [5.74, 6) is -0.0917. The third-order valence-electron chi connectivity index (χ3n) is 3.69. The van der Waals surface area contributed by atoms with Gasteiger partial charge in [-0.05, 0) is 49.7 Å². The molecule has 2 rings (SSSR count). The second-order valence-corrected chi connectivity index (χ2v) is 5.73. The van der Waals surface area contributed by atoms with Gasteiger partial charge in [0, 0.05) is 18.8 Å². The van der Waals surface area contributed by atoms with Crippen LogP contribution in [0.4, 0.5) is 0 Å². The number of halogens is 1. The lowest BCUT2D eigenvalue weighted by molar-refractivity contribution is -0.241. The smallest absolute Gasteiger partial charge is 0.211 e. The van der Waals surface area contributed by atoms with Gasteiger partial charge in [0.15, 0.2) is 0 Å². The number of hydrogen-bond donors (Lipinski definition) is 0. The second kappa shape index (κ2) is 7.32. The Bertz CT molecular complexity index is 619. The molecule has 0 fully saturated rings. The first-order valence-electron chi connectivity index (χ1n) is 7.57. The molecule has 0 saturated heterocycles. The summed E-state index contributed by atoms with van der Waals surface area (Å²) in [6, 6.07) is 12.1. The Morgan fingerprint density at radius 1 is 1.00 bits per heavy atom. The highest BCUT2D eigenvalue weighted by Gasteiger charge is 2.39. The first-order valence-corrected chi connectivity index (χ1v) is 8.01. The van der Waals surface area contributed by atoms with Gasteiger partial charge in [-0.3, -0.25) is 0 Å². The van der Waals surface area contributed by atoms with Gasteiger partial charge < -0.3 is 14.2 Å². The molecule has 3 nitrogen and oxygen atoms in total. The molecule has 0 N–H and O–H groups in total. The molecule has 0 radical (unpaired) electrons. The minimum absolute atomic E-state index is 0.317. The van der Waals surface area contributed by atoms with Gasteiger partial charge in [-0.2, -0.15) is 0 Å². The zero-order chi connectivity index (χ0) is 16.2. The number of hydrogen-bond acceptors (Lipinski definition) is 3. The number of fused-ring (bicyclic) bond motifs is 1. The van der Waals surface area contributed by atoms with E-state index in [1.165, 1.54) is 0 Å². The molecule has 120 valence electrons. The highest BCUT2D eigenvalue weighted by atomic mass is 35.5. The molecule has 0 amide bonds. The average molecular weight is 323 g/mol. The SMILES string of the molecule is CCOC(OCC)(c1ccc2cc(OC)ccc2c1)[C@H](C)Cl. The van der Waals surface area contributed by atoms with Crippen LogP contribution in [-0.4, -0.2) is 25.7 Å². The number of benzene rings is 2. The molecule has 0 heterocycles. The van der Waals surface area contributed by atoms with Crippen LogP contribution in [0.15, 0.2) is 36.4 Å². The predicted octanol–water partition coefficient (Wildman–Crippen LogP) is 4.70. The van der Waals surface area contributed by atoms with E-state index in [0.717, 1.165) is 22.1 Å². The monoisotopic (exact) mass is 322 g/mol. The molecule has 0 aromatic heterocycles. The summed E-state index contributed by atoms with van der Waals surface area (Å²) in [6.07, 6.45) is 0. The van der Waals surface area contributed by atoms with Crippen molar-refractivity contribution in [2.45, 2.75) is 31.9 Å². The van der Waals surface area contributed by atoms with E-state index in [2.05, 4.69) is 6.07 Å². The second-order valence-electron chi connectivity index (χ2n) is 5.08. The van der Waals surface area contributed by atoms with E-state index in [1.54, 1.807) is 7.11 Å². The van der Waals surface area contributed by atoms with Crippen molar-refractivity contribution in [1.29, 1.82) is 0 Å². The summed E-state index contributed by atoms with van der Waals surface area (Å²) in [4.78, 5) is 0. The van der Waals surface area contributed by atoms with Crippen molar-refractivity contribution in [2.75, 3.05) is 20.3 Å². The molecule has 0 spiro atoms. The molecule has 1 atom stereocenters. The highest BCUT2D eigenvalue weighted by Crippen LogP contribution is 2.36. The van der Waals surface area contributed by atoms with Gasteiger partial charge in [-0.1, -0.05) is 18.2 Å². The van der Waals surface area contributed by atoms with Crippen LogP contribution >= 0.6 is 11.6 Å². The standard InChI is InChI=1S/C18H23ClO3/c1-5-21-18(13(3)19,22-6-2)16-9-7-15-12-17(20-4)10-8-14(15)11-16/h7-13H,5-6H2,1-4H3/t13-/m0/s1.